The van der Waals surface area contributed by atoms with Crippen molar-refractivity contribution in [1.82, 2.24) is 15.3 Å². The Hall–Kier alpha value is -1.59. The summed E-state index contributed by atoms with van der Waals surface area (Å²) >= 11 is 0. The van der Waals surface area contributed by atoms with Crippen LogP contribution in [0.5, 0.6) is 0 Å². The van der Waals surface area contributed by atoms with Crippen LogP contribution in [0.3, 0.4) is 0 Å². The average molecular weight is 260 g/mol. The van der Waals surface area contributed by atoms with Gasteiger partial charge in [0.05, 0.1) is 17.6 Å². The number of imidazole rings is 1. The fraction of sp³-hybridized carbons (Fsp3) is 0.500. The first kappa shape index (κ1) is 12.4. The molecular weight excluding hydrogens is 240 g/mol. The molecule has 5 nitrogen and oxygen atoms in total. The molecule has 1 atom stereocenters. The van der Waals surface area contributed by atoms with E-state index in [4.69, 9.17) is 0 Å². The number of nitrogens with zero attached hydrogens (tertiary/aromatic N) is 2. The molecule has 0 amide bonds. The van der Waals surface area contributed by atoms with Crippen molar-refractivity contribution in [2.75, 3.05) is 31.1 Å². The number of anilines is 1. The lowest BCUT2D eigenvalue weighted by atomic mass is 10.2. The molecule has 0 spiro atoms. The van der Waals surface area contributed by atoms with Gasteiger partial charge < -0.3 is 20.3 Å². The maximum absolute atomic E-state index is 9.24. The zero-order valence-electron chi connectivity index (χ0n) is 11.0. The largest absolute Gasteiger partial charge is 0.395 e. The zero-order valence-corrected chi connectivity index (χ0v) is 11.0. The third-order valence-electron chi connectivity index (χ3n) is 3.65. The van der Waals surface area contributed by atoms with Crippen molar-refractivity contribution in [3.05, 3.63) is 24.3 Å². The van der Waals surface area contributed by atoms with E-state index in [1.165, 1.54) is 12.8 Å². The van der Waals surface area contributed by atoms with E-state index in [0.29, 0.717) is 12.6 Å². The van der Waals surface area contributed by atoms with Crippen LogP contribution in [0, 0.1) is 0 Å². The van der Waals surface area contributed by atoms with E-state index in [9.17, 15) is 5.11 Å². The summed E-state index contributed by atoms with van der Waals surface area (Å²) in [7, 11) is 0. The third-order valence-corrected chi connectivity index (χ3v) is 3.65. The molecule has 3 rings (SSSR count). The van der Waals surface area contributed by atoms with Crippen molar-refractivity contribution < 1.29 is 5.11 Å². The highest BCUT2D eigenvalue weighted by atomic mass is 16.3. The second-order valence-electron chi connectivity index (χ2n) is 5.04. The molecule has 1 fully saturated rings. The molecule has 1 aromatic heterocycles. The molecule has 1 aromatic carbocycles. The Balaban J connectivity index is 1.81. The molecular formula is C14H20N4O. The molecule has 0 aliphatic carbocycles. The van der Waals surface area contributed by atoms with Gasteiger partial charge in [-0.15, -0.1) is 0 Å². The number of para-hydroxylation sites is 2. The molecule has 1 aliphatic rings. The molecule has 0 bridgehead atoms. The van der Waals surface area contributed by atoms with E-state index in [-0.39, 0.29) is 6.61 Å². The lowest BCUT2D eigenvalue weighted by Gasteiger charge is -2.24. The maximum Gasteiger partial charge on any atom is 0.203 e. The minimum atomic E-state index is 0.143. The number of aromatic nitrogens is 2. The van der Waals surface area contributed by atoms with Crippen molar-refractivity contribution in [2.45, 2.75) is 18.9 Å². The smallest absolute Gasteiger partial charge is 0.203 e. The fourth-order valence-electron chi connectivity index (χ4n) is 2.67. The van der Waals surface area contributed by atoms with Crippen molar-refractivity contribution in [2.24, 2.45) is 0 Å². The molecule has 2 aromatic rings. The van der Waals surface area contributed by atoms with Gasteiger partial charge in [-0.3, -0.25) is 0 Å². The van der Waals surface area contributed by atoms with Crippen LogP contribution in [0.25, 0.3) is 11.0 Å². The van der Waals surface area contributed by atoms with Crippen LogP contribution < -0.4 is 10.2 Å². The Labute approximate surface area is 112 Å². The maximum atomic E-state index is 9.24. The van der Waals surface area contributed by atoms with E-state index < -0.39 is 0 Å². The summed E-state index contributed by atoms with van der Waals surface area (Å²) in [6, 6.07) is 8.51. The van der Waals surface area contributed by atoms with Crippen molar-refractivity contribution in [1.29, 1.82) is 0 Å². The first-order valence-corrected chi connectivity index (χ1v) is 6.91. The Kier molecular flexibility index (Phi) is 3.66. The first-order chi connectivity index (χ1) is 9.36. The third kappa shape index (κ3) is 2.72. The number of aliphatic hydroxyl groups is 1. The van der Waals surface area contributed by atoms with Gasteiger partial charge in [0, 0.05) is 19.1 Å². The van der Waals surface area contributed by atoms with Crippen LogP contribution in [-0.4, -0.2) is 47.4 Å². The van der Waals surface area contributed by atoms with Crippen LogP contribution in [0.1, 0.15) is 12.8 Å². The fourth-order valence-corrected chi connectivity index (χ4v) is 2.67. The molecule has 1 aliphatic heterocycles. The van der Waals surface area contributed by atoms with Crippen molar-refractivity contribution in [3.63, 3.8) is 0 Å². The molecule has 19 heavy (non-hydrogen) atoms. The quantitative estimate of drug-likeness (QED) is 0.753. The molecule has 102 valence electrons. The predicted octanol–water partition coefficient (Wildman–Crippen LogP) is 1.11. The molecule has 0 radical (unpaired) electrons. The van der Waals surface area contributed by atoms with E-state index in [1.807, 2.05) is 24.3 Å². The Morgan fingerprint density at radius 1 is 1.37 bits per heavy atom. The Morgan fingerprint density at radius 3 is 3.00 bits per heavy atom. The minimum absolute atomic E-state index is 0.143. The molecule has 1 saturated heterocycles. The molecule has 3 N–H and O–H groups in total. The Morgan fingerprint density at radius 2 is 2.26 bits per heavy atom. The number of fused-ring (bicyclic) bond motifs is 1. The number of hydrogen-bond donors (Lipinski definition) is 3. The van der Waals surface area contributed by atoms with Gasteiger partial charge in [0.25, 0.3) is 0 Å². The standard InChI is InChI=1S/C14H20N4O/c19-9-8-18(10-11-4-3-7-15-11)14-16-12-5-1-2-6-13(12)17-14/h1-2,5-6,11,15,19H,3-4,7-10H2,(H,16,17). The number of hydrogen-bond acceptors (Lipinski definition) is 4. The number of rotatable bonds is 5. The average Bonchev–Trinajstić information content (AvgIpc) is 3.06. The van der Waals surface area contributed by atoms with Crippen LogP contribution in [0.2, 0.25) is 0 Å². The van der Waals surface area contributed by atoms with Gasteiger partial charge in [0.2, 0.25) is 5.95 Å². The highest BCUT2D eigenvalue weighted by molar-refractivity contribution is 5.77. The lowest BCUT2D eigenvalue weighted by molar-refractivity contribution is 0.299. The summed E-state index contributed by atoms with van der Waals surface area (Å²) in [4.78, 5) is 10.1. The summed E-state index contributed by atoms with van der Waals surface area (Å²) in [5, 5.41) is 12.7. The van der Waals surface area contributed by atoms with Crippen LogP contribution in [-0.2, 0) is 0 Å². The molecule has 0 saturated carbocycles. The number of H-pyrrole nitrogens is 1. The molecule has 5 heteroatoms. The minimum Gasteiger partial charge on any atom is -0.395 e. The first-order valence-electron chi connectivity index (χ1n) is 6.91. The van der Waals surface area contributed by atoms with E-state index in [2.05, 4.69) is 20.2 Å². The predicted molar refractivity (Wildman–Crippen MR) is 76.4 cm³/mol. The van der Waals surface area contributed by atoms with Crippen LogP contribution in [0.15, 0.2) is 24.3 Å². The van der Waals surface area contributed by atoms with Gasteiger partial charge in [-0.05, 0) is 31.5 Å². The summed E-state index contributed by atoms with van der Waals surface area (Å²) < 4.78 is 0. The number of benzene rings is 1. The molecule has 1 unspecified atom stereocenters. The van der Waals surface area contributed by atoms with E-state index >= 15 is 0 Å². The highest BCUT2D eigenvalue weighted by Gasteiger charge is 2.19. The second-order valence-corrected chi connectivity index (χ2v) is 5.04. The van der Waals surface area contributed by atoms with Gasteiger partial charge in [0.1, 0.15) is 0 Å². The van der Waals surface area contributed by atoms with E-state index in [0.717, 1.165) is 30.1 Å². The van der Waals surface area contributed by atoms with Gasteiger partial charge in [-0.1, -0.05) is 12.1 Å². The highest BCUT2D eigenvalue weighted by Crippen LogP contribution is 2.18. The number of aromatic amines is 1. The number of nitrogens with one attached hydrogen (secondary N) is 2. The van der Waals surface area contributed by atoms with Crippen LogP contribution in [0.4, 0.5) is 5.95 Å². The summed E-state index contributed by atoms with van der Waals surface area (Å²) in [6.45, 7) is 2.74. The second kappa shape index (κ2) is 5.59. The van der Waals surface area contributed by atoms with Gasteiger partial charge >= 0.3 is 0 Å². The normalized spacial score (nSPS) is 19.1. The van der Waals surface area contributed by atoms with Gasteiger partial charge in [0.15, 0.2) is 0 Å². The SMILES string of the molecule is OCCN(CC1CCCN1)c1nc2ccccc2[nH]1. The topological polar surface area (TPSA) is 64.2 Å². The van der Waals surface area contributed by atoms with Crippen LogP contribution >= 0.6 is 0 Å². The zero-order chi connectivity index (χ0) is 13.1. The van der Waals surface area contributed by atoms with Gasteiger partial charge in [-0.2, -0.15) is 0 Å². The van der Waals surface area contributed by atoms with Crippen molar-refractivity contribution in [3.8, 4) is 0 Å². The number of aliphatic hydroxyl groups excluding tert-OH is 1. The monoisotopic (exact) mass is 260 g/mol. The van der Waals surface area contributed by atoms with Gasteiger partial charge in [-0.25, -0.2) is 4.98 Å². The van der Waals surface area contributed by atoms with E-state index in [1.54, 1.807) is 0 Å². The summed E-state index contributed by atoms with van der Waals surface area (Å²) in [6.07, 6.45) is 2.43. The Bertz CT molecular complexity index is 500. The van der Waals surface area contributed by atoms with Crippen molar-refractivity contribution >= 4 is 17.0 Å². The lowest BCUT2D eigenvalue weighted by Crippen LogP contribution is -2.39. The summed E-state index contributed by atoms with van der Waals surface area (Å²) in [5.74, 6) is 0.851. The molecule has 2 heterocycles. The summed E-state index contributed by atoms with van der Waals surface area (Å²) in [5.41, 5.74) is 2.01.